The van der Waals surface area contributed by atoms with Crippen LogP contribution < -0.4 is 16.6 Å². The fourth-order valence-corrected chi connectivity index (χ4v) is 3.60. The molecule has 0 atom stereocenters. The molecule has 8 heteroatoms. The van der Waals surface area contributed by atoms with Crippen molar-refractivity contribution >= 4 is 22.6 Å². The van der Waals surface area contributed by atoms with Crippen LogP contribution in [0.4, 0.5) is 5.69 Å². The van der Waals surface area contributed by atoms with Crippen LogP contribution in [0.2, 0.25) is 0 Å². The van der Waals surface area contributed by atoms with Crippen molar-refractivity contribution in [3.8, 4) is 0 Å². The van der Waals surface area contributed by atoms with Gasteiger partial charge in [-0.2, -0.15) is 0 Å². The Morgan fingerprint density at radius 2 is 1.74 bits per heavy atom. The van der Waals surface area contributed by atoms with Gasteiger partial charge in [-0.05, 0) is 60.9 Å². The number of nitrogens with zero attached hydrogens (tertiary/aromatic N) is 4. The molecule has 0 saturated heterocycles. The number of rotatable bonds is 5. The minimum atomic E-state index is -0.579. The number of benzene rings is 1. The van der Waals surface area contributed by atoms with E-state index >= 15 is 0 Å². The lowest BCUT2D eigenvalue weighted by molar-refractivity contribution is -0.116. The second-order valence-corrected chi connectivity index (χ2v) is 7.42. The lowest BCUT2D eigenvalue weighted by Gasteiger charge is -2.14. The maximum absolute atomic E-state index is 13.2. The zero-order valence-electron chi connectivity index (χ0n) is 17.2. The largest absolute Gasteiger partial charge is 0.332 e. The van der Waals surface area contributed by atoms with Crippen molar-refractivity contribution in [3.63, 3.8) is 0 Å². The third-order valence-corrected chi connectivity index (χ3v) is 4.86. The number of carbonyl (C=O) groups is 1. The number of aromatic nitrogens is 4. The Kier molecular flexibility index (Phi) is 5.44. The predicted molar refractivity (Wildman–Crippen MR) is 118 cm³/mol. The number of aryl methyl sites for hydroxylation is 2. The van der Waals surface area contributed by atoms with Crippen LogP contribution in [0.3, 0.4) is 0 Å². The lowest BCUT2D eigenvalue weighted by atomic mass is 10.1. The van der Waals surface area contributed by atoms with Crippen molar-refractivity contribution in [3.05, 3.63) is 98.6 Å². The number of pyridine rings is 2. The minimum Gasteiger partial charge on any atom is -0.325 e. The van der Waals surface area contributed by atoms with Gasteiger partial charge in [-0.15, -0.1) is 0 Å². The first kappa shape index (κ1) is 20.2. The molecule has 4 aromatic rings. The van der Waals surface area contributed by atoms with Gasteiger partial charge in [-0.1, -0.05) is 12.1 Å². The smallest absolute Gasteiger partial charge is 0.325 e. The van der Waals surface area contributed by atoms with Crippen LogP contribution in [0.1, 0.15) is 16.7 Å². The number of anilines is 1. The van der Waals surface area contributed by atoms with Gasteiger partial charge in [-0.3, -0.25) is 23.7 Å². The summed E-state index contributed by atoms with van der Waals surface area (Å²) in [4.78, 5) is 47.1. The molecule has 0 spiro atoms. The van der Waals surface area contributed by atoms with E-state index in [9.17, 15) is 14.4 Å². The summed E-state index contributed by atoms with van der Waals surface area (Å²) in [5.74, 6) is -0.371. The van der Waals surface area contributed by atoms with Gasteiger partial charge in [0.2, 0.25) is 5.91 Å². The lowest BCUT2D eigenvalue weighted by Crippen LogP contribution is -2.42. The van der Waals surface area contributed by atoms with Gasteiger partial charge in [0.25, 0.3) is 5.56 Å². The normalized spacial score (nSPS) is 10.9. The molecular formula is C23H21N5O3. The summed E-state index contributed by atoms with van der Waals surface area (Å²) in [5, 5.41) is 2.83. The van der Waals surface area contributed by atoms with E-state index in [1.54, 1.807) is 36.7 Å². The molecule has 0 aliphatic heterocycles. The summed E-state index contributed by atoms with van der Waals surface area (Å²) >= 11 is 0. The van der Waals surface area contributed by atoms with E-state index in [0.29, 0.717) is 16.8 Å². The van der Waals surface area contributed by atoms with Gasteiger partial charge >= 0.3 is 5.69 Å². The predicted octanol–water partition coefficient (Wildman–Crippen LogP) is 2.26. The zero-order chi connectivity index (χ0) is 22.0. The second-order valence-electron chi connectivity index (χ2n) is 7.42. The van der Waals surface area contributed by atoms with Gasteiger partial charge in [0, 0.05) is 24.3 Å². The number of hydrogen-bond acceptors (Lipinski definition) is 5. The fourth-order valence-electron chi connectivity index (χ4n) is 3.60. The Morgan fingerprint density at radius 1 is 1.00 bits per heavy atom. The summed E-state index contributed by atoms with van der Waals surface area (Å²) in [6.45, 7) is 3.68. The number of amides is 1. The molecule has 0 aliphatic carbocycles. The molecule has 0 fully saturated rings. The van der Waals surface area contributed by atoms with E-state index in [-0.39, 0.29) is 24.5 Å². The van der Waals surface area contributed by atoms with Crippen molar-refractivity contribution in [2.75, 3.05) is 5.32 Å². The van der Waals surface area contributed by atoms with Crippen LogP contribution in [-0.4, -0.2) is 25.0 Å². The van der Waals surface area contributed by atoms with Gasteiger partial charge < -0.3 is 5.32 Å². The Hall–Kier alpha value is -4.07. The van der Waals surface area contributed by atoms with Crippen molar-refractivity contribution in [2.24, 2.45) is 0 Å². The quantitative estimate of drug-likeness (QED) is 0.539. The fraction of sp³-hybridized carbons (Fsp3) is 0.174. The molecule has 4 rings (SSSR count). The summed E-state index contributed by atoms with van der Waals surface area (Å²) in [6, 6.07) is 12.5. The van der Waals surface area contributed by atoms with Crippen LogP contribution in [0.25, 0.3) is 11.0 Å². The minimum absolute atomic E-state index is 0.0384. The molecule has 0 saturated carbocycles. The molecule has 1 amide bonds. The molecule has 31 heavy (non-hydrogen) atoms. The molecule has 3 heterocycles. The topological polar surface area (TPSA) is 98.9 Å². The van der Waals surface area contributed by atoms with Gasteiger partial charge in [0.15, 0.2) is 5.52 Å². The first-order valence-corrected chi connectivity index (χ1v) is 9.78. The molecule has 1 N–H and O–H groups in total. The zero-order valence-corrected chi connectivity index (χ0v) is 17.2. The number of hydrogen-bond donors (Lipinski definition) is 1. The molecule has 0 aliphatic rings. The first-order chi connectivity index (χ1) is 14.9. The van der Waals surface area contributed by atoms with E-state index < -0.39 is 11.2 Å². The summed E-state index contributed by atoms with van der Waals surface area (Å²) in [6.07, 6.45) is 4.69. The Bertz CT molecular complexity index is 1370. The van der Waals surface area contributed by atoms with Gasteiger partial charge in [0.05, 0.1) is 12.1 Å². The standard InChI is InChI=1S/C23H21N5O3/c1-15-9-16(2)11-18(10-15)26-20(29)14-27-19-6-4-8-25-21(19)22(30)28(23(27)31)13-17-5-3-7-24-12-17/h3-12H,13-14H2,1-2H3,(H,26,29). The van der Waals surface area contributed by atoms with E-state index in [2.05, 4.69) is 15.3 Å². The molecule has 1 aromatic carbocycles. The molecule has 0 radical (unpaired) electrons. The van der Waals surface area contributed by atoms with Crippen molar-refractivity contribution in [1.82, 2.24) is 19.1 Å². The van der Waals surface area contributed by atoms with Crippen LogP contribution >= 0.6 is 0 Å². The molecule has 156 valence electrons. The molecular weight excluding hydrogens is 394 g/mol. The Balaban J connectivity index is 1.75. The third-order valence-electron chi connectivity index (χ3n) is 4.86. The highest BCUT2D eigenvalue weighted by atomic mass is 16.2. The van der Waals surface area contributed by atoms with Crippen LogP contribution in [-0.2, 0) is 17.9 Å². The number of nitrogens with one attached hydrogen (secondary N) is 1. The molecule has 8 nitrogen and oxygen atoms in total. The maximum Gasteiger partial charge on any atom is 0.332 e. The molecule has 0 bridgehead atoms. The molecule has 0 unspecified atom stereocenters. The SMILES string of the molecule is Cc1cc(C)cc(NC(=O)Cn2c(=O)n(Cc3cccnc3)c(=O)c3ncccc32)c1. The monoisotopic (exact) mass is 415 g/mol. The highest BCUT2D eigenvalue weighted by Crippen LogP contribution is 2.14. The van der Waals surface area contributed by atoms with E-state index in [1.807, 2.05) is 32.0 Å². The second kappa shape index (κ2) is 8.35. The van der Waals surface area contributed by atoms with E-state index in [4.69, 9.17) is 0 Å². The summed E-state index contributed by atoms with van der Waals surface area (Å²) in [7, 11) is 0. The average molecular weight is 415 g/mol. The van der Waals surface area contributed by atoms with Crippen LogP contribution in [0, 0.1) is 13.8 Å². The molecule has 3 aromatic heterocycles. The van der Waals surface area contributed by atoms with Crippen molar-refractivity contribution in [2.45, 2.75) is 26.9 Å². The first-order valence-electron chi connectivity index (χ1n) is 9.78. The number of carbonyl (C=O) groups excluding carboxylic acids is 1. The van der Waals surface area contributed by atoms with Crippen LogP contribution in [0.5, 0.6) is 0 Å². The Labute approximate surface area is 177 Å². The number of fused-ring (bicyclic) bond motifs is 1. The average Bonchev–Trinajstić information content (AvgIpc) is 2.74. The maximum atomic E-state index is 13.2. The summed E-state index contributed by atoms with van der Waals surface area (Å²) in [5.41, 5.74) is 2.75. The van der Waals surface area contributed by atoms with E-state index in [1.165, 1.54) is 10.8 Å². The highest BCUT2D eigenvalue weighted by molar-refractivity contribution is 5.91. The van der Waals surface area contributed by atoms with Gasteiger partial charge in [-0.25, -0.2) is 9.78 Å². The van der Waals surface area contributed by atoms with E-state index in [0.717, 1.165) is 15.7 Å². The van der Waals surface area contributed by atoms with Gasteiger partial charge in [0.1, 0.15) is 6.54 Å². The van der Waals surface area contributed by atoms with Crippen molar-refractivity contribution in [1.29, 1.82) is 0 Å². The highest BCUT2D eigenvalue weighted by Gasteiger charge is 2.16. The Morgan fingerprint density at radius 3 is 2.45 bits per heavy atom. The van der Waals surface area contributed by atoms with Crippen LogP contribution in [0.15, 0.2) is 70.6 Å². The summed E-state index contributed by atoms with van der Waals surface area (Å²) < 4.78 is 2.36. The van der Waals surface area contributed by atoms with Crippen molar-refractivity contribution < 1.29 is 4.79 Å². The third kappa shape index (κ3) is 4.28.